The molecular weight excluding hydrogens is 203 g/mol. The predicted molar refractivity (Wildman–Crippen MR) is 64.6 cm³/mol. The maximum absolute atomic E-state index is 5.18. The molecule has 0 saturated heterocycles. The Labute approximate surface area is 84.3 Å². The van der Waals surface area contributed by atoms with Gasteiger partial charge in [0.1, 0.15) is 0 Å². The van der Waals surface area contributed by atoms with Crippen molar-refractivity contribution in [2.24, 2.45) is 0 Å². The zero-order chi connectivity index (χ0) is 8.97. The van der Waals surface area contributed by atoms with E-state index < -0.39 is 5.90 Å². The van der Waals surface area contributed by atoms with Crippen LogP contribution in [0.2, 0.25) is 0 Å². The summed E-state index contributed by atoms with van der Waals surface area (Å²) in [6, 6.07) is 8.18. The first-order chi connectivity index (χ1) is 5.75. The molecule has 12 heavy (non-hydrogen) atoms. The van der Waals surface area contributed by atoms with E-state index in [2.05, 4.69) is 31.0 Å². The third kappa shape index (κ3) is 2.48. The van der Waals surface area contributed by atoms with Gasteiger partial charge in [0.2, 0.25) is 0 Å². The normalized spacial score (nSPS) is 12.4. The average Bonchev–Trinajstić information content (AvgIpc) is 2.05. The zero-order valence-electron chi connectivity index (χ0n) is 6.66. The van der Waals surface area contributed by atoms with Gasteiger partial charge in [0.15, 0.2) is 0 Å². The lowest BCUT2D eigenvalue weighted by molar-refractivity contribution is 1.30. The van der Waals surface area contributed by atoms with E-state index in [0.29, 0.717) is 0 Å². The van der Waals surface area contributed by atoms with Crippen molar-refractivity contribution < 1.29 is 0 Å². The van der Waals surface area contributed by atoms with Crippen molar-refractivity contribution >= 4 is 35.3 Å². The minimum Gasteiger partial charge on any atom is -0.140 e. The van der Waals surface area contributed by atoms with E-state index in [1.165, 1.54) is 10.9 Å². The highest BCUT2D eigenvalue weighted by Crippen LogP contribution is 2.26. The minimum atomic E-state index is -1.03. The molecule has 3 heteroatoms. The highest BCUT2D eigenvalue weighted by atomic mass is 32.9. The standard InChI is InChI=1S/C9H11PS2/c1-2-5-8-6-3-4-7-9(8)10(11)12/h2-4,6-7,10H,1,5H2,(H,11,12). The SMILES string of the molecule is C=CCc1ccccc1[PH](=S)S. The molecule has 1 rings (SSSR count). The Hall–Kier alpha value is -0.0400. The number of thiol groups is 1. The van der Waals surface area contributed by atoms with Crippen LogP contribution >= 0.6 is 18.1 Å². The minimum absolute atomic E-state index is 0.890. The molecular formula is C9H11PS2. The largest absolute Gasteiger partial charge is 0.140 e. The second-order valence-electron chi connectivity index (χ2n) is 2.46. The molecule has 0 radical (unpaired) electrons. The van der Waals surface area contributed by atoms with Crippen LogP contribution in [0.25, 0.3) is 0 Å². The van der Waals surface area contributed by atoms with Gasteiger partial charge in [-0.2, -0.15) is 0 Å². The lowest BCUT2D eigenvalue weighted by Crippen LogP contribution is -2.01. The van der Waals surface area contributed by atoms with Crippen molar-refractivity contribution in [1.29, 1.82) is 0 Å². The van der Waals surface area contributed by atoms with Crippen molar-refractivity contribution in [3.8, 4) is 0 Å². The number of rotatable bonds is 3. The average molecular weight is 214 g/mol. The van der Waals surface area contributed by atoms with Gasteiger partial charge in [0, 0.05) is 5.90 Å². The third-order valence-corrected chi connectivity index (χ3v) is 3.94. The van der Waals surface area contributed by atoms with E-state index in [0.717, 1.165) is 6.42 Å². The van der Waals surface area contributed by atoms with Crippen LogP contribution in [-0.2, 0) is 18.2 Å². The summed E-state index contributed by atoms with van der Waals surface area (Å²) in [5, 5.41) is 1.22. The van der Waals surface area contributed by atoms with E-state index >= 15 is 0 Å². The van der Waals surface area contributed by atoms with Gasteiger partial charge in [0.25, 0.3) is 0 Å². The summed E-state index contributed by atoms with van der Waals surface area (Å²) in [5.74, 6) is -1.03. The number of benzene rings is 1. The fourth-order valence-corrected chi connectivity index (χ4v) is 3.01. The highest BCUT2D eigenvalue weighted by molar-refractivity contribution is 8.58. The van der Waals surface area contributed by atoms with Crippen LogP contribution in [0.4, 0.5) is 0 Å². The molecule has 0 nitrogen and oxygen atoms in total. The summed E-state index contributed by atoms with van der Waals surface area (Å²) in [6.07, 6.45) is 2.79. The van der Waals surface area contributed by atoms with Gasteiger partial charge in [0.05, 0.1) is 0 Å². The summed E-state index contributed by atoms with van der Waals surface area (Å²) >= 11 is 9.51. The van der Waals surface area contributed by atoms with Crippen molar-refractivity contribution in [3.05, 3.63) is 42.5 Å². The third-order valence-electron chi connectivity index (χ3n) is 1.61. The molecule has 0 amide bonds. The number of allylic oxidation sites excluding steroid dienone is 1. The van der Waals surface area contributed by atoms with E-state index in [1.807, 2.05) is 18.2 Å². The molecule has 1 atom stereocenters. The predicted octanol–water partition coefficient (Wildman–Crippen LogP) is 2.56. The van der Waals surface area contributed by atoms with Crippen LogP contribution < -0.4 is 5.30 Å². The molecule has 0 spiro atoms. The molecule has 1 aromatic carbocycles. The van der Waals surface area contributed by atoms with Gasteiger partial charge in [-0.25, -0.2) is 0 Å². The lowest BCUT2D eigenvalue weighted by atomic mass is 10.1. The quantitative estimate of drug-likeness (QED) is 0.458. The topological polar surface area (TPSA) is 0 Å². The molecule has 0 saturated carbocycles. The van der Waals surface area contributed by atoms with Crippen molar-refractivity contribution in [2.45, 2.75) is 6.42 Å². The Morgan fingerprint density at radius 3 is 2.75 bits per heavy atom. The van der Waals surface area contributed by atoms with Crippen molar-refractivity contribution in [2.75, 3.05) is 0 Å². The van der Waals surface area contributed by atoms with Crippen LogP contribution in [0.1, 0.15) is 5.56 Å². The summed E-state index contributed by atoms with van der Waals surface area (Å²) in [7, 11) is 0. The van der Waals surface area contributed by atoms with Gasteiger partial charge in [-0.3, -0.25) is 0 Å². The first kappa shape index (κ1) is 10.0. The van der Waals surface area contributed by atoms with Gasteiger partial charge in [-0.1, -0.05) is 42.1 Å². The zero-order valence-corrected chi connectivity index (χ0v) is 9.37. The van der Waals surface area contributed by atoms with Gasteiger partial charge >= 0.3 is 0 Å². The summed E-state index contributed by atoms with van der Waals surface area (Å²) in [5.41, 5.74) is 1.27. The Bertz CT molecular complexity index is 307. The van der Waals surface area contributed by atoms with E-state index in [4.69, 9.17) is 11.8 Å². The molecule has 0 fully saturated rings. The summed E-state index contributed by atoms with van der Waals surface area (Å²) in [6.45, 7) is 3.71. The molecule has 0 aliphatic rings. The molecule has 0 aromatic heterocycles. The maximum atomic E-state index is 5.18. The van der Waals surface area contributed by atoms with Gasteiger partial charge in [-0.15, -0.1) is 18.8 Å². The maximum Gasteiger partial charge on any atom is 0.0190 e. The first-order valence-electron chi connectivity index (χ1n) is 3.68. The Balaban J connectivity index is 3.07. The molecule has 0 heterocycles. The van der Waals surface area contributed by atoms with Gasteiger partial charge in [-0.05, 0) is 17.3 Å². The fraction of sp³-hybridized carbons (Fsp3) is 0.111. The molecule has 64 valence electrons. The van der Waals surface area contributed by atoms with Crippen molar-refractivity contribution in [3.63, 3.8) is 0 Å². The highest BCUT2D eigenvalue weighted by Gasteiger charge is 1.99. The summed E-state index contributed by atoms with van der Waals surface area (Å²) in [4.78, 5) is 0. The van der Waals surface area contributed by atoms with Crippen LogP contribution in [0, 0.1) is 0 Å². The molecule has 0 bridgehead atoms. The Kier molecular flexibility index (Phi) is 4.07. The van der Waals surface area contributed by atoms with Crippen LogP contribution in [0.15, 0.2) is 36.9 Å². The lowest BCUT2D eigenvalue weighted by Gasteiger charge is -2.04. The van der Waals surface area contributed by atoms with E-state index in [1.54, 1.807) is 0 Å². The molecule has 0 N–H and O–H groups in total. The molecule has 0 aliphatic heterocycles. The van der Waals surface area contributed by atoms with Gasteiger partial charge < -0.3 is 0 Å². The fourth-order valence-electron chi connectivity index (χ4n) is 1.06. The second kappa shape index (κ2) is 4.86. The van der Waals surface area contributed by atoms with E-state index in [-0.39, 0.29) is 0 Å². The monoisotopic (exact) mass is 214 g/mol. The smallest absolute Gasteiger partial charge is 0.0190 e. The Morgan fingerprint density at radius 2 is 2.17 bits per heavy atom. The van der Waals surface area contributed by atoms with Crippen molar-refractivity contribution in [1.82, 2.24) is 0 Å². The first-order valence-corrected chi connectivity index (χ1v) is 7.60. The van der Waals surface area contributed by atoms with E-state index in [9.17, 15) is 0 Å². The van der Waals surface area contributed by atoms with Crippen LogP contribution in [-0.4, -0.2) is 0 Å². The van der Waals surface area contributed by atoms with Crippen LogP contribution in [0.5, 0.6) is 0 Å². The number of hydrogen-bond donors (Lipinski definition) is 1. The number of hydrogen-bond acceptors (Lipinski definition) is 1. The van der Waals surface area contributed by atoms with Crippen LogP contribution in [0.3, 0.4) is 0 Å². The second-order valence-corrected chi connectivity index (χ2v) is 7.08. The molecule has 0 aliphatic carbocycles. The Morgan fingerprint density at radius 1 is 1.50 bits per heavy atom. The molecule has 1 unspecified atom stereocenters. The summed E-state index contributed by atoms with van der Waals surface area (Å²) < 4.78 is 0. The molecule has 1 aromatic rings.